The van der Waals surface area contributed by atoms with Gasteiger partial charge in [0.1, 0.15) is 11.6 Å². The minimum atomic E-state index is 0.0956. The SMILES string of the molecule is COc1cccc(N2C[C@H](c3nc4ccccc4n3CCC(C)C)CC2=O)c1. The van der Waals surface area contributed by atoms with Gasteiger partial charge < -0.3 is 14.2 Å². The molecule has 0 unspecified atom stereocenters. The molecule has 2 aromatic carbocycles. The number of nitrogens with zero attached hydrogens (tertiary/aromatic N) is 3. The van der Waals surface area contributed by atoms with Crippen molar-refractivity contribution in [2.45, 2.75) is 39.2 Å². The van der Waals surface area contributed by atoms with Crippen LogP contribution < -0.4 is 9.64 Å². The number of hydrogen-bond donors (Lipinski definition) is 0. The number of aryl methyl sites for hydroxylation is 1. The topological polar surface area (TPSA) is 47.4 Å². The number of fused-ring (bicyclic) bond motifs is 1. The maximum Gasteiger partial charge on any atom is 0.227 e. The zero-order chi connectivity index (χ0) is 19.7. The molecule has 0 bridgehead atoms. The summed E-state index contributed by atoms with van der Waals surface area (Å²) in [6.45, 7) is 6.05. The molecular weight excluding hydrogens is 350 g/mol. The number of methoxy groups -OCH3 is 1. The predicted molar refractivity (Wildman–Crippen MR) is 112 cm³/mol. The quantitative estimate of drug-likeness (QED) is 0.630. The summed E-state index contributed by atoms with van der Waals surface area (Å²) in [5, 5.41) is 0. The lowest BCUT2D eigenvalue weighted by atomic mass is 10.1. The van der Waals surface area contributed by atoms with Crippen LogP contribution in [0.4, 0.5) is 5.69 Å². The van der Waals surface area contributed by atoms with Crippen molar-refractivity contribution in [1.29, 1.82) is 0 Å². The predicted octanol–water partition coefficient (Wildman–Crippen LogP) is 4.61. The average molecular weight is 377 g/mol. The summed E-state index contributed by atoms with van der Waals surface area (Å²) >= 11 is 0. The first-order valence-corrected chi connectivity index (χ1v) is 9.96. The number of amides is 1. The van der Waals surface area contributed by atoms with E-state index in [4.69, 9.17) is 9.72 Å². The third kappa shape index (κ3) is 3.49. The Hall–Kier alpha value is -2.82. The van der Waals surface area contributed by atoms with E-state index in [2.05, 4.69) is 36.6 Å². The fourth-order valence-electron chi connectivity index (χ4n) is 3.94. The van der Waals surface area contributed by atoms with Crippen LogP contribution in [-0.4, -0.2) is 29.1 Å². The van der Waals surface area contributed by atoms with E-state index in [1.165, 1.54) is 0 Å². The maximum absolute atomic E-state index is 12.8. The van der Waals surface area contributed by atoms with Crippen molar-refractivity contribution in [3.05, 3.63) is 54.4 Å². The summed E-state index contributed by atoms with van der Waals surface area (Å²) < 4.78 is 7.64. The number of benzene rings is 2. The number of carbonyl (C=O) groups is 1. The monoisotopic (exact) mass is 377 g/mol. The fourth-order valence-corrected chi connectivity index (χ4v) is 3.94. The van der Waals surface area contributed by atoms with Crippen molar-refractivity contribution in [3.8, 4) is 5.75 Å². The van der Waals surface area contributed by atoms with Gasteiger partial charge in [0.2, 0.25) is 5.91 Å². The lowest BCUT2D eigenvalue weighted by Crippen LogP contribution is -2.24. The second-order valence-corrected chi connectivity index (χ2v) is 7.90. The van der Waals surface area contributed by atoms with E-state index in [0.717, 1.165) is 41.3 Å². The summed E-state index contributed by atoms with van der Waals surface area (Å²) in [6.07, 6.45) is 1.58. The van der Waals surface area contributed by atoms with Gasteiger partial charge in [0.25, 0.3) is 0 Å². The molecule has 0 aliphatic carbocycles. The van der Waals surface area contributed by atoms with Gasteiger partial charge in [-0.15, -0.1) is 0 Å². The summed E-state index contributed by atoms with van der Waals surface area (Å²) in [7, 11) is 1.64. The van der Waals surface area contributed by atoms with Crippen LogP contribution in [0.3, 0.4) is 0 Å². The number of aromatic nitrogens is 2. The Balaban J connectivity index is 1.66. The number of hydrogen-bond acceptors (Lipinski definition) is 3. The first-order valence-electron chi connectivity index (χ1n) is 9.96. The lowest BCUT2D eigenvalue weighted by Gasteiger charge is -2.18. The first kappa shape index (κ1) is 18.5. The number of rotatable bonds is 6. The molecule has 1 aliphatic rings. The molecule has 28 heavy (non-hydrogen) atoms. The van der Waals surface area contributed by atoms with E-state index in [0.29, 0.717) is 18.9 Å². The average Bonchev–Trinajstić information content (AvgIpc) is 3.26. The van der Waals surface area contributed by atoms with Crippen LogP contribution in [-0.2, 0) is 11.3 Å². The molecule has 2 heterocycles. The molecule has 5 nitrogen and oxygen atoms in total. The van der Waals surface area contributed by atoms with Crippen molar-refractivity contribution in [3.63, 3.8) is 0 Å². The minimum Gasteiger partial charge on any atom is -0.497 e. The lowest BCUT2D eigenvalue weighted by molar-refractivity contribution is -0.117. The van der Waals surface area contributed by atoms with Gasteiger partial charge in [0.15, 0.2) is 0 Å². The van der Waals surface area contributed by atoms with Crippen LogP contribution in [0, 0.1) is 5.92 Å². The van der Waals surface area contributed by atoms with Crippen molar-refractivity contribution in [1.82, 2.24) is 9.55 Å². The number of carbonyl (C=O) groups excluding carboxylic acids is 1. The van der Waals surface area contributed by atoms with Gasteiger partial charge in [-0.1, -0.05) is 32.0 Å². The molecule has 1 saturated heterocycles. The molecular formula is C23H27N3O2. The Morgan fingerprint density at radius 3 is 2.79 bits per heavy atom. The van der Waals surface area contributed by atoms with Crippen LogP contribution in [0.5, 0.6) is 5.75 Å². The van der Waals surface area contributed by atoms with Gasteiger partial charge in [-0.05, 0) is 36.6 Å². The minimum absolute atomic E-state index is 0.0956. The molecule has 3 aromatic rings. The van der Waals surface area contributed by atoms with E-state index in [9.17, 15) is 4.79 Å². The van der Waals surface area contributed by atoms with Crippen molar-refractivity contribution in [2.75, 3.05) is 18.6 Å². The number of ether oxygens (including phenoxy) is 1. The molecule has 0 spiro atoms. The Morgan fingerprint density at radius 1 is 1.18 bits per heavy atom. The zero-order valence-electron chi connectivity index (χ0n) is 16.8. The molecule has 1 aromatic heterocycles. The molecule has 1 amide bonds. The van der Waals surface area contributed by atoms with Crippen LogP contribution in [0.2, 0.25) is 0 Å². The number of anilines is 1. The third-order valence-corrected chi connectivity index (χ3v) is 5.47. The summed E-state index contributed by atoms with van der Waals surface area (Å²) in [6, 6.07) is 16.0. The van der Waals surface area contributed by atoms with Gasteiger partial charge in [-0.2, -0.15) is 0 Å². The van der Waals surface area contributed by atoms with Gasteiger partial charge in [-0.3, -0.25) is 4.79 Å². The van der Waals surface area contributed by atoms with Crippen LogP contribution in [0.25, 0.3) is 11.0 Å². The largest absolute Gasteiger partial charge is 0.497 e. The number of imidazole rings is 1. The molecule has 0 saturated carbocycles. The highest BCUT2D eigenvalue weighted by molar-refractivity contribution is 5.96. The van der Waals surface area contributed by atoms with Crippen LogP contribution in [0.1, 0.15) is 38.4 Å². The van der Waals surface area contributed by atoms with Gasteiger partial charge in [-0.25, -0.2) is 4.98 Å². The van der Waals surface area contributed by atoms with Crippen LogP contribution >= 0.6 is 0 Å². The highest BCUT2D eigenvalue weighted by Crippen LogP contribution is 2.34. The van der Waals surface area contributed by atoms with E-state index in [1.807, 2.05) is 35.2 Å². The highest BCUT2D eigenvalue weighted by Gasteiger charge is 2.35. The second kappa shape index (κ2) is 7.66. The van der Waals surface area contributed by atoms with E-state index < -0.39 is 0 Å². The molecule has 0 N–H and O–H groups in total. The normalized spacial score (nSPS) is 17.1. The Bertz CT molecular complexity index is 992. The molecule has 4 rings (SSSR count). The van der Waals surface area contributed by atoms with E-state index >= 15 is 0 Å². The summed E-state index contributed by atoms with van der Waals surface area (Å²) in [5.74, 6) is 2.64. The summed E-state index contributed by atoms with van der Waals surface area (Å²) in [5.41, 5.74) is 3.05. The van der Waals surface area contributed by atoms with Crippen molar-refractivity contribution in [2.24, 2.45) is 5.92 Å². The van der Waals surface area contributed by atoms with Gasteiger partial charge in [0, 0.05) is 37.2 Å². The maximum atomic E-state index is 12.8. The molecule has 146 valence electrons. The Morgan fingerprint density at radius 2 is 2.00 bits per heavy atom. The summed E-state index contributed by atoms with van der Waals surface area (Å²) in [4.78, 5) is 19.6. The van der Waals surface area contributed by atoms with Crippen LogP contribution in [0.15, 0.2) is 48.5 Å². The molecule has 0 radical (unpaired) electrons. The van der Waals surface area contributed by atoms with E-state index in [-0.39, 0.29) is 11.8 Å². The standard InChI is InChI=1S/C23H27N3O2/c1-16(2)11-12-25-21-10-5-4-9-20(21)24-23(25)17-13-22(27)26(15-17)18-7-6-8-19(14-18)28-3/h4-10,14,16-17H,11-13,15H2,1-3H3/t17-/m1/s1. The molecule has 1 atom stereocenters. The van der Waals surface area contributed by atoms with Crippen molar-refractivity contribution < 1.29 is 9.53 Å². The molecule has 5 heteroatoms. The molecule has 1 fully saturated rings. The van der Waals surface area contributed by atoms with E-state index in [1.54, 1.807) is 7.11 Å². The third-order valence-electron chi connectivity index (χ3n) is 5.47. The second-order valence-electron chi connectivity index (χ2n) is 7.90. The Labute approximate surface area is 165 Å². The number of para-hydroxylation sites is 2. The smallest absolute Gasteiger partial charge is 0.227 e. The van der Waals surface area contributed by atoms with Crippen molar-refractivity contribution >= 4 is 22.6 Å². The molecule has 1 aliphatic heterocycles. The van der Waals surface area contributed by atoms with Gasteiger partial charge >= 0.3 is 0 Å². The Kier molecular flexibility index (Phi) is 5.07. The van der Waals surface area contributed by atoms with Gasteiger partial charge in [0.05, 0.1) is 18.1 Å². The zero-order valence-corrected chi connectivity index (χ0v) is 16.8. The fraction of sp³-hybridized carbons (Fsp3) is 0.391. The first-order chi connectivity index (χ1) is 13.6. The highest BCUT2D eigenvalue weighted by atomic mass is 16.5.